The van der Waals surface area contributed by atoms with Gasteiger partial charge >= 0.3 is 0 Å². The van der Waals surface area contributed by atoms with Gasteiger partial charge in [-0.3, -0.25) is 0 Å². The molecule has 0 atom stereocenters. The van der Waals surface area contributed by atoms with Gasteiger partial charge in [-0.1, -0.05) is 6.07 Å². The monoisotopic (exact) mass is 260 g/mol. The summed E-state index contributed by atoms with van der Waals surface area (Å²) < 4.78 is 0. The number of nitrogens with zero attached hydrogens (tertiary/aromatic N) is 2. The summed E-state index contributed by atoms with van der Waals surface area (Å²) in [6.45, 7) is 5.28. The maximum Gasteiger partial charge on any atom is 0.108 e. The zero-order valence-corrected chi connectivity index (χ0v) is 12.2. The third-order valence-corrected chi connectivity index (χ3v) is 3.18. The van der Waals surface area contributed by atoms with Crippen molar-refractivity contribution in [3.05, 3.63) is 29.6 Å². The van der Waals surface area contributed by atoms with E-state index < -0.39 is 0 Å². The van der Waals surface area contributed by atoms with Gasteiger partial charge in [-0.05, 0) is 58.2 Å². The molecule has 2 rings (SSSR count). The molecule has 104 valence electrons. The summed E-state index contributed by atoms with van der Waals surface area (Å²) >= 11 is 0. The number of H-pyrrole nitrogens is 1. The van der Waals surface area contributed by atoms with Gasteiger partial charge in [0, 0.05) is 13.0 Å². The fraction of sp³-hybridized carbons (Fsp3) is 0.533. The maximum atomic E-state index is 4.60. The van der Waals surface area contributed by atoms with E-state index in [-0.39, 0.29) is 0 Å². The molecule has 0 aliphatic carbocycles. The van der Waals surface area contributed by atoms with E-state index >= 15 is 0 Å². The molecule has 0 spiro atoms. The second-order valence-electron chi connectivity index (χ2n) is 5.36. The van der Waals surface area contributed by atoms with Gasteiger partial charge in [0.15, 0.2) is 0 Å². The molecule has 0 bridgehead atoms. The summed E-state index contributed by atoms with van der Waals surface area (Å²) in [5.41, 5.74) is 3.47. The lowest BCUT2D eigenvalue weighted by molar-refractivity contribution is 0.395. The molecule has 0 fully saturated rings. The predicted octanol–water partition coefficient (Wildman–Crippen LogP) is 1.96. The summed E-state index contributed by atoms with van der Waals surface area (Å²) in [6.07, 6.45) is 2.14. The number of aryl methyl sites for hydroxylation is 1. The Labute approximate surface area is 115 Å². The largest absolute Gasteiger partial charge is 0.342 e. The smallest absolute Gasteiger partial charge is 0.108 e. The third-order valence-electron chi connectivity index (χ3n) is 3.18. The van der Waals surface area contributed by atoms with Gasteiger partial charge < -0.3 is 15.2 Å². The molecule has 0 aliphatic heterocycles. The number of hydrogen-bond acceptors (Lipinski definition) is 3. The Bertz CT molecular complexity index is 516. The highest BCUT2D eigenvalue weighted by atomic mass is 15.1. The van der Waals surface area contributed by atoms with Gasteiger partial charge in [-0.15, -0.1) is 0 Å². The van der Waals surface area contributed by atoms with Crippen LogP contribution in [0.1, 0.15) is 17.8 Å². The molecule has 2 aromatic rings. The topological polar surface area (TPSA) is 44.0 Å². The molecule has 1 aromatic carbocycles. The molecule has 4 nitrogen and oxygen atoms in total. The first kappa shape index (κ1) is 14.0. The Morgan fingerprint density at radius 1 is 1.26 bits per heavy atom. The zero-order valence-electron chi connectivity index (χ0n) is 12.2. The van der Waals surface area contributed by atoms with E-state index in [2.05, 4.69) is 59.4 Å². The molecule has 19 heavy (non-hydrogen) atoms. The van der Waals surface area contributed by atoms with Crippen LogP contribution < -0.4 is 5.32 Å². The Hall–Kier alpha value is -1.39. The lowest BCUT2D eigenvalue weighted by Crippen LogP contribution is -2.23. The number of benzene rings is 1. The zero-order chi connectivity index (χ0) is 13.7. The molecule has 0 amide bonds. The number of imidazole rings is 1. The van der Waals surface area contributed by atoms with Crippen molar-refractivity contribution in [1.29, 1.82) is 0 Å². The lowest BCUT2D eigenvalue weighted by Gasteiger charge is -2.09. The molecular formula is C15H24N4. The Kier molecular flexibility index (Phi) is 4.93. The van der Waals surface area contributed by atoms with Gasteiger partial charge in [0.25, 0.3) is 0 Å². The molecule has 0 saturated heterocycles. The minimum Gasteiger partial charge on any atom is -0.342 e. The van der Waals surface area contributed by atoms with Crippen LogP contribution in [-0.4, -0.2) is 48.6 Å². The molecule has 1 aromatic heterocycles. The number of fused-ring (bicyclic) bond motifs is 1. The summed E-state index contributed by atoms with van der Waals surface area (Å²) in [5, 5.41) is 3.46. The van der Waals surface area contributed by atoms with E-state index in [0.29, 0.717) is 0 Å². The molecule has 0 aliphatic rings. The van der Waals surface area contributed by atoms with Gasteiger partial charge in [0.2, 0.25) is 0 Å². The molecule has 4 heteroatoms. The molecule has 1 heterocycles. The summed E-state index contributed by atoms with van der Waals surface area (Å²) in [4.78, 5) is 10.2. The van der Waals surface area contributed by atoms with Crippen molar-refractivity contribution in [2.75, 3.05) is 33.7 Å². The second-order valence-corrected chi connectivity index (χ2v) is 5.36. The third kappa shape index (κ3) is 4.33. The van der Waals surface area contributed by atoms with Crippen LogP contribution in [0, 0.1) is 6.92 Å². The minimum absolute atomic E-state index is 0.954. The number of rotatable bonds is 7. The van der Waals surface area contributed by atoms with Crippen LogP contribution in [0.4, 0.5) is 0 Å². The van der Waals surface area contributed by atoms with Crippen LogP contribution in [0.5, 0.6) is 0 Å². The lowest BCUT2D eigenvalue weighted by atomic mass is 10.2. The first-order valence-electron chi connectivity index (χ1n) is 6.96. The highest BCUT2D eigenvalue weighted by Crippen LogP contribution is 2.13. The number of aromatic amines is 1. The Balaban J connectivity index is 1.75. The van der Waals surface area contributed by atoms with Crippen molar-refractivity contribution in [2.24, 2.45) is 0 Å². The molecular weight excluding hydrogens is 236 g/mol. The van der Waals surface area contributed by atoms with Crippen LogP contribution in [0.15, 0.2) is 18.2 Å². The SMILES string of the molecule is Cc1ccc2nc(CCNCCCN(C)C)[nH]c2c1. The quantitative estimate of drug-likeness (QED) is 0.748. The van der Waals surface area contributed by atoms with E-state index in [0.717, 1.165) is 42.9 Å². The van der Waals surface area contributed by atoms with Crippen molar-refractivity contribution in [3.63, 3.8) is 0 Å². The first-order valence-corrected chi connectivity index (χ1v) is 6.96. The highest BCUT2D eigenvalue weighted by Gasteiger charge is 2.02. The Morgan fingerprint density at radius 3 is 2.89 bits per heavy atom. The van der Waals surface area contributed by atoms with Crippen LogP contribution in [0.25, 0.3) is 11.0 Å². The van der Waals surface area contributed by atoms with Gasteiger partial charge in [-0.25, -0.2) is 4.98 Å². The van der Waals surface area contributed by atoms with Crippen molar-refractivity contribution in [2.45, 2.75) is 19.8 Å². The van der Waals surface area contributed by atoms with Crippen LogP contribution in [0.2, 0.25) is 0 Å². The fourth-order valence-corrected chi connectivity index (χ4v) is 2.15. The van der Waals surface area contributed by atoms with Crippen LogP contribution in [-0.2, 0) is 6.42 Å². The second kappa shape index (κ2) is 6.68. The van der Waals surface area contributed by atoms with Crippen LogP contribution in [0.3, 0.4) is 0 Å². The predicted molar refractivity (Wildman–Crippen MR) is 80.6 cm³/mol. The van der Waals surface area contributed by atoms with E-state index in [9.17, 15) is 0 Å². The van der Waals surface area contributed by atoms with E-state index in [4.69, 9.17) is 0 Å². The summed E-state index contributed by atoms with van der Waals surface area (Å²) in [5.74, 6) is 1.07. The summed E-state index contributed by atoms with van der Waals surface area (Å²) in [6, 6.07) is 6.33. The first-order chi connectivity index (χ1) is 9.15. The van der Waals surface area contributed by atoms with Crippen molar-refractivity contribution >= 4 is 11.0 Å². The fourth-order valence-electron chi connectivity index (χ4n) is 2.15. The standard InChI is InChI=1S/C15H24N4/c1-12-5-6-13-14(11-12)18-15(17-13)7-9-16-8-4-10-19(2)3/h5-6,11,16H,4,7-10H2,1-3H3,(H,17,18). The van der Waals surface area contributed by atoms with Crippen molar-refractivity contribution in [1.82, 2.24) is 20.2 Å². The average Bonchev–Trinajstić information content (AvgIpc) is 2.75. The summed E-state index contributed by atoms with van der Waals surface area (Å²) in [7, 11) is 4.22. The average molecular weight is 260 g/mol. The normalized spacial score (nSPS) is 11.6. The van der Waals surface area contributed by atoms with Gasteiger partial charge in [0.1, 0.15) is 5.82 Å². The van der Waals surface area contributed by atoms with E-state index in [1.54, 1.807) is 0 Å². The van der Waals surface area contributed by atoms with Crippen LogP contribution >= 0.6 is 0 Å². The van der Waals surface area contributed by atoms with E-state index in [1.807, 2.05) is 0 Å². The molecule has 0 radical (unpaired) electrons. The van der Waals surface area contributed by atoms with Gasteiger partial charge in [-0.2, -0.15) is 0 Å². The number of hydrogen-bond donors (Lipinski definition) is 2. The van der Waals surface area contributed by atoms with Gasteiger partial charge in [0.05, 0.1) is 11.0 Å². The molecule has 0 unspecified atom stereocenters. The molecule has 2 N–H and O–H groups in total. The minimum atomic E-state index is 0.954. The molecule has 0 saturated carbocycles. The highest BCUT2D eigenvalue weighted by molar-refractivity contribution is 5.75. The van der Waals surface area contributed by atoms with E-state index in [1.165, 1.54) is 12.0 Å². The number of nitrogens with one attached hydrogen (secondary N) is 2. The maximum absolute atomic E-state index is 4.60. The number of aromatic nitrogens is 2. The van der Waals surface area contributed by atoms with Crippen molar-refractivity contribution < 1.29 is 0 Å². The Morgan fingerprint density at radius 2 is 2.11 bits per heavy atom. The van der Waals surface area contributed by atoms with Crippen molar-refractivity contribution in [3.8, 4) is 0 Å².